The van der Waals surface area contributed by atoms with Crippen molar-refractivity contribution in [3.63, 3.8) is 0 Å². The van der Waals surface area contributed by atoms with E-state index in [1.54, 1.807) is 0 Å². The van der Waals surface area contributed by atoms with Crippen molar-refractivity contribution in [1.29, 1.82) is 0 Å². The summed E-state index contributed by atoms with van der Waals surface area (Å²) in [5.74, 6) is -0.0941. The number of carbonyl (C=O) groups is 2. The summed E-state index contributed by atoms with van der Waals surface area (Å²) < 4.78 is 5.42. The van der Waals surface area contributed by atoms with Crippen LogP contribution < -0.4 is 5.32 Å². The second-order valence-corrected chi connectivity index (χ2v) is 15.8. The van der Waals surface area contributed by atoms with Gasteiger partial charge in [-0.3, -0.25) is 9.59 Å². The van der Waals surface area contributed by atoms with Crippen LogP contribution >= 0.6 is 0 Å². The maximum absolute atomic E-state index is 12.4. The van der Waals surface area contributed by atoms with Gasteiger partial charge in [0.1, 0.15) is 0 Å². The minimum absolute atomic E-state index is 0.0321. The topological polar surface area (TPSA) is 95.9 Å². The van der Waals surface area contributed by atoms with Gasteiger partial charge < -0.3 is 20.3 Å². The monoisotopic (exact) mass is 760 g/mol. The van der Waals surface area contributed by atoms with E-state index in [0.29, 0.717) is 25.9 Å². The van der Waals surface area contributed by atoms with Gasteiger partial charge in [0.25, 0.3) is 0 Å². The normalized spacial score (nSPS) is 13.0. The van der Waals surface area contributed by atoms with Crippen LogP contribution in [0.3, 0.4) is 0 Å². The van der Waals surface area contributed by atoms with E-state index in [1.807, 2.05) is 0 Å². The number of amides is 1. The highest BCUT2D eigenvalue weighted by Gasteiger charge is 2.20. The Kier molecular flexibility index (Phi) is 42.2. The van der Waals surface area contributed by atoms with Gasteiger partial charge in [0, 0.05) is 12.8 Å². The standard InChI is InChI=1S/C48H89NO5/c1-3-5-7-9-11-13-14-18-22-26-30-34-38-42-48(53)54-43-39-35-31-27-23-20-17-15-16-19-21-25-29-33-37-41-47(52)49-45(44-50)46(51)40-36-32-28-24-12-10-8-6-4-2/h13-15,17,20,23,45-46,50-51H,3-12,16,18-19,21-22,24-44H2,1-2H3,(H,49,52)/b14-13-,17-15-,23-20-. The van der Waals surface area contributed by atoms with Crippen molar-refractivity contribution in [3.8, 4) is 0 Å². The third-order valence-electron chi connectivity index (χ3n) is 10.4. The number of hydrogen-bond acceptors (Lipinski definition) is 5. The first-order chi connectivity index (χ1) is 26.5. The number of unbranched alkanes of at least 4 members (excludes halogenated alkanes) is 26. The van der Waals surface area contributed by atoms with Crippen LogP contribution in [0.15, 0.2) is 36.5 Å². The van der Waals surface area contributed by atoms with Gasteiger partial charge in [-0.05, 0) is 83.5 Å². The van der Waals surface area contributed by atoms with Crippen molar-refractivity contribution in [3.05, 3.63) is 36.5 Å². The zero-order valence-corrected chi connectivity index (χ0v) is 35.7. The number of hydrogen-bond donors (Lipinski definition) is 3. The van der Waals surface area contributed by atoms with Gasteiger partial charge >= 0.3 is 5.97 Å². The highest BCUT2D eigenvalue weighted by atomic mass is 16.5. The molecule has 2 unspecified atom stereocenters. The van der Waals surface area contributed by atoms with Crippen LogP contribution in [0.5, 0.6) is 0 Å². The molecule has 0 aromatic heterocycles. The van der Waals surface area contributed by atoms with Crippen molar-refractivity contribution in [2.24, 2.45) is 0 Å². The third-order valence-corrected chi connectivity index (χ3v) is 10.4. The lowest BCUT2D eigenvalue weighted by molar-refractivity contribution is -0.143. The average molecular weight is 760 g/mol. The molecule has 0 rings (SSSR count). The Morgan fingerprint density at radius 1 is 0.519 bits per heavy atom. The quantitative estimate of drug-likeness (QED) is 0.0249. The van der Waals surface area contributed by atoms with Crippen LogP contribution in [0.2, 0.25) is 0 Å². The van der Waals surface area contributed by atoms with Crippen LogP contribution in [-0.2, 0) is 14.3 Å². The van der Waals surface area contributed by atoms with E-state index in [9.17, 15) is 19.8 Å². The number of allylic oxidation sites excluding steroid dienone is 6. The zero-order valence-electron chi connectivity index (χ0n) is 35.7. The minimum Gasteiger partial charge on any atom is -0.466 e. The molecule has 0 aliphatic carbocycles. The molecule has 0 aromatic carbocycles. The number of carbonyl (C=O) groups excluding carboxylic acids is 2. The van der Waals surface area contributed by atoms with Crippen LogP contribution in [0.4, 0.5) is 0 Å². The van der Waals surface area contributed by atoms with E-state index < -0.39 is 12.1 Å². The van der Waals surface area contributed by atoms with Gasteiger partial charge in [-0.1, -0.05) is 172 Å². The Hall–Kier alpha value is -1.92. The molecular weight excluding hydrogens is 671 g/mol. The summed E-state index contributed by atoms with van der Waals surface area (Å²) in [6, 6.07) is -0.556. The number of aliphatic hydroxyl groups excluding tert-OH is 2. The minimum atomic E-state index is -0.676. The Labute approximate surface area is 334 Å². The summed E-state index contributed by atoms with van der Waals surface area (Å²) in [6.45, 7) is 4.84. The number of rotatable bonds is 42. The van der Waals surface area contributed by atoms with Crippen molar-refractivity contribution in [2.75, 3.05) is 13.2 Å². The van der Waals surface area contributed by atoms with Crippen LogP contribution in [0.1, 0.15) is 232 Å². The molecule has 0 aliphatic rings. The van der Waals surface area contributed by atoms with Crippen LogP contribution in [-0.4, -0.2) is 47.4 Å². The number of aliphatic hydroxyl groups is 2. The molecule has 3 N–H and O–H groups in total. The van der Waals surface area contributed by atoms with Crippen molar-refractivity contribution >= 4 is 11.9 Å². The average Bonchev–Trinajstić information content (AvgIpc) is 3.17. The summed E-state index contributed by atoms with van der Waals surface area (Å²) in [4.78, 5) is 24.3. The van der Waals surface area contributed by atoms with E-state index in [-0.39, 0.29) is 18.5 Å². The van der Waals surface area contributed by atoms with Gasteiger partial charge in [-0.2, -0.15) is 0 Å². The zero-order chi connectivity index (χ0) is 39.4. The van der Waals surface area contributed by atoms with Gasteiger partial charge in [0.15, 0.2) is 0 Å². The maximum Gasteiger partial charge on any atom is 0.305 e. The largest absolute Gasteiger partial charge is 0.466 e. The highest BCUT2D eigenvalue weighted by Crippen LogP contribution is 2.14. The fourth-order valence-electron chi connectivity index (χ4n) is 6.80. The smallest absolute Gasteiger partial charge is 0.305 e. The van der Waals surface area contributed by atoms with Gasteiger partial charge in [-0.15, -0.1) is 0 Å². The molecule has 6 nitrogen and oxygen atoms in total. The van der Waals surface area contributed by atoms with Crippen molar-refractivity contribution in [2.45, 2.75) is 244 Å². The fourth-order valence-corrected chi connectivity index (χ4v) is 6.80. The molecule has 54 heavy (non-hydrogen) atoms. The first-order valence-electron chi connectivity index (χ1n) is 23.3. The molecule has 0 radical (unpaired) electrons. The Balaban J connectivity index is 3.53. The molecule has 0 spiro atoms. The molecule has 0 saturated carbocycles. The van der Waals surface area contributed by atoms with Crippen molar-refractivity contribution in [1.82, 2.24) is 5.32 Å². The van der Waals surface area contributed by atoms with E-state index in [1.165, 1.54) is 122 Å². The fraction of sp³-hybridized carbons (Fsp3) is 0.833. The summed E-state index contributed by atoms with van der Waals surface area (Å²) in [5.41, 5.74) is 0. The molecule has 6 heteroatoms. The first-order valence-corrected chi connectivity index (χ1v) is 23.3. The molecule has 316 valence electrons. The lowest BCUT2D eigenvalue weighted by Gasteiger charge is -2.22. The van der Waals surface area contributed by atoms with Crippen molar-refractivity contribution < 1.29 is 24.5 Å². The predicted molar refractivity (Wildman–Crippen MR) is 232 cm³/mol. The Morgan fingerprint density at radius 2 is 0.926 bits per heavy atom. The molecule has 0 aromatic rings. The molecule has 0 fully saturated rings. The van der Waals surface area contributed by atoms with E-state index in [0.717, 1.165) is 77.0 Å². The summed E-state index contributed by atoms with van der Waals surface area (Å²) in [6.07, 6.45) is 51.1. The lowest BCUT2D eigenvalue weighted by atomic mass is 10.0. The number of ether oxygens (including phenoxy) is 1. The molecule has 1 amide bonds. The summed E-state index contributed by atoms with van der Waals surface area (Å²) in [7, 11) is 0. The predicted octanol–water partition coefficient (Wildman–Crippen LogP) is 13.3. The van der Waals surface area contributed by atoms with E-state index >= 15 is 0 Å². The van der Waals surface area contributed by atoms with E-state index in [2.05, 4.69) is 55.6 Å². The Morgan fingerprint density at radius 3 is 1.44 bits per heavy atom. The SMILES string of the molecule is CCCCCC/C=C\CCCCCCCC(=O)OCCCCC/C=C\C=C/CCCCCCCCC(=O)NC(CO)C(O)CCCCCCCCCCC. The van der Waals surface area contributed by atoms with Gasteiger partial charge in [0.05, 0.1) is 25.4 Å². The maximum atomic E-state index is 12.4. The van der Waals surface area contributed by atoms with Gasteiger partial charge in [0.2, 0.25) is 5.91 Å². The number of esters is 1. The molecule has 0 heterocycles. The molecule has 0 bridgehead atoms. The second kappa shape index (κ2) is 43.8. The third kappa shape index (κ3) is 39.8. The second-order valence-electron chi connectivity index (χ2n) is 15.8. The molecular formula is C48H89NO5. The highest BCUT2D eigenvalue weighted by molar-refractivity contribution is 5.76. The van der Waals surface area contributed by atoms with Crippen LogP contribution in [0, 0.1) is 0 Å². The van der Waals surface area contributed by atoms with Gasteiger partial charge in [-0.25, -0.2) is 0 Å². The molecule has 2 atom stereocenters. The molecule has 0 saturated heterocycles. The number of nitrogens with one attached hydrogen (secondary N) is 1. The van der Waals surface area contributed by atoms with Crippen LogP contribution in [0.25, 0.3) is 0 Å². The van der Waals surface area contributed by atoms with E-state index in [4.69, 9.17) is 4.74 Å². The Bertz CT molecular complexity index is 884. The molecule has 0 aliphatic heterocycles. The first kappa shape index (κ1) is 52.1. The summed E-state index contributed by atoms with van der Waals surface area (Å²) in [5, 5.41) is 23.0. The summed E-state index contributed by atoms with van der Waals surface area (Å²) >= 11 is 0. The lowest BCUT2D eigenvalue weighted by Crippen LogP contribution is -2.45.